The SMILES string of the molecule is c1ccc(-c2cccc3c2N(B2c4ccccc4Oc4ccccc42)c2c(cccc2-c2ccccc2)S3)cc1. The number of anilines is 2. The third-order valence-electron chi connectivity index (χ3n) is 7.77. The maximum atomic E-state index is 6.47. The Bertz CT molecular complexity index is 1740. The first-order valence-corrected chi connectivity index (χ1v) is 14.4. The van der Waals surface area contributed by atoms with Crippen molar-refractivity contribution in [2.75, 3.05) is 4.81 Å². The predicted molar refractivity (Wildman–Crippen MR) is 168 cm³/mol. The van der Waals surface area contributed by atoms with E-state index in [1.165, 1.54) is 43.4 Å². The Morgan fingerprint density at radius 3 is 1.40 bits per heavy atom. The maximum Gasteiger partial charge on any atom is 0.335 e. The molecule has 0 amide bonds. The normalized spacial score (nSPS) is 13.0. The van der Waals surface area contributed by atoms with Crippen LogP contribution in [0.4, 0.5) is 11.4 Å². The number of fused-ring (bicyclic) bond motifs is 4. The van der Waals surface area contributed by atoms with Gasteiger partial charge in [-0.15, -0.1) is 0 Å². The molecule has 0 aromatic heterocycles. The topological polar surface area (TPSA) is 12.5 Å². The van der Waals surface area contributed by atoms with Crippen molar-refractivity contribution in [2.24, 2.45) is 0 Å². The highest BCUT2D eigenvalue weighted by Gasteiger charge is 2.42. The van der Waals surface area contributed by atoms with Crippen molar-refractivity contribution in [1.29, 1.82) is 0 Å². The number of hydrogen-bond acceptors (Lipinski definition) is 3. The number of hydrogen-bond donors (Lipinski definition) is 0. The third kappa shape index (κ3) is 3.68. The molecule has 6 aromatic rings. The second kappa shape index (κ2) is 9.51. The van der Waals surface area contributed by atoms with Crippen LogP contribution in [0.3, 0.4) is 0 Å². The number of nitrogens with zero attached hydrogens (tertiary/aromatic N) is 1. The summed E-state index contributed by atoms with van der Waals surface area (Å²) in [5.74, 6) is 1.81. The molecule has 0 radical (unpaired) electrons. The molecule has 0 saturated heterocycles. The van der Waals surface area contributed by atoms with Gasteiger partial charge in [-0.1, -0.05) is 133 Å². The Labute approximate surface area is 239 Å². The minimum atomic E-state index is -0.0747. The molecule has 8 rings (SSSR count). The van der Waals surface area contributed by atoms with Gasteiger partial charge in [0.1, 0.15) is 11.5 Å². The van der Waals surface area contributed by atoms with E-state index >= 15 is 0 Å². The number of ether oxygens (including phenoxy) is 1. The van der Waals surface area contributed by atoms with Crippen molar-refractivity contribution in [2.45, 2.75) is 9.79 Å². The Kier molecular flexibility index (Phi) is 5.53. The van der Waals surface area contributed by atoms with Gasteiger partial charge in [-0.2, -0.15) is 0 Å². The van der Waals surface area contributed by atoms with Gasteiger partial charge < -0.3 is 9.55 Å². The number of para-hydroxylation sites is 4. The summed E-state index contributed by atoms with van der Waals surface area (Å²) >= 11 is 1.86. The van der Waals surface area contributed by atoms with Gasteiger partial charge in [0.05, 0.1) is 11.4 Å². The zero-order valence-electron chi connectivity index (χ0n) is 21.7. The van der Waals surface area contributed by atoms with E-state index in [0.717, 1.165) is 22.4 Å². The molecular formula is C36H24BNOS. The van der Waals surface area contributed by atoms with E-state index in [0.29, 0.717) is 0 Å². The van der Waals surface area contributed by atoms with Crippen LogP contribution >= 0.6 is 11.8 Å². The summed E-state index contributed by atoms with van der Waals surface area (Å²) in [6, 6.07) is 51.9. The molecule has 0 saturated carbocycles. The average Bonchev–Trinajstić information content (AvgIpc) is 3.03. The van der Waals surface area contributed by atoms with Crippen molar-refractivity contribution in [3.8, 4) is 33.8 Å². The first-order chi connectivity index (χ1) is 19.9. The molecule has 0 N–H and O–H groups in total. The largest absolute Gasteiger partial charge is 0.458 e. The van der Waals surface area contributed by atoms with Gasteiger partial charge in [-0.25, -0.2) is 0 Å². The molecule has 188 valence electrons. The molecule has 0 atom stereocenters. The fourth-order valence-electron chi connectivity index (χ4n) is 6.06. The van der Waals surface area contributed by atoms with Crippen LogP contribution in [0.2, 0.25) is 0 Å². The Morgan fingerprint density at radius 2 is 0.900 bits per heavy atom. The lowest BCUT2D eigenvalue weighted by molar-refractivity contribution is 0.487. The molecule has 2 heterocycles. The summed E-state index contributed by atoms with van der Waals surface area (Å²) in [6.07, 6.45) is 0. The van der Waals surface area contributed by atoms with Crippen LogP contribution in [-0.4, -0.2) is 6.85 Å². The van der Waals surface area contributed by atoms with Gasteiger partial charge >= 0.3 is 6.85 Å². The van der Waals surface area contributed by atoms with E-state index in [2.05, 4.69) is 150 Å². The third-order valence-corrected chi connectivity index (χ3v) is 8.87. The molecule has 0 spiro atoms. The molecule has 6 aromatic carbocycles. The van der Waals surface area contributed by atoms with Crippen LogP contribution in [0.25, 0.3) is 22.3 Å². The molecule has 40 heavy (non-hydrogen) atoms. The van der Waals surface area contributed by atoms with Crippen molar-refractivity contribution in [3.63, 3.8) is 0 Å². The van der Waals surface area contributed by atoms with Gasteiger partial charge in [0.2, 0.25) is 0 Å². The van der Waals surface area contributed by atoms with Crippen LogP contribution < -0.4 is 20.5 Å². The molecule has 0 unspecified atom stereocenters. The van der Waals surface area contributed by atoms with E-state index in [-0.39, 0.29) is 6.85 Å². The number of rotatable bonds is 3. The molecule has 2 aliphatic heterocycles. The minimum Gasteiger partial charge on any atom is -0.458 e. The molecule has 2 aliphatic rings. The van der Waals surface area contributed by atoms with E-state index in [1.54, 1.807) is 0 Å². The fourth-order valence-corrected chi connectivity index (χ4v) is 7.20. The smallest absolute Gasteiger partial charge is 0.335 e. The molecular weight excluding hydrogens is 505 g/mol. The summed E-state index contributed by atoms with van der Waals surface area (Å²) in [4.78, 5) is 5.09. The van der Waals surface area contributed by atoms with Crippen LogP contribution in [-0.2, 0) is 0 Å². The van der Waals surface area contributed by atoms with E-state index in [4.69, 9.17) is 4.74 Å². The standard InChI is InChI=1S/C36H24BNOS/c1-3-13-25(14-4-1)27-17-11-23-33-35(27)38(36-28(18-12-24-34(36)40-33)26-15-5-2-6-16-26)37-29-19-7-9-21-31(29)39-32-22-10-8-20-30(32)37/h1-24H. The van der Waals surface area contributed by atoms with Gasteiger partial charge in [0.15, 0.2) is 0 Å². The molecule has 0 aliphatic carbocycles. The lowest BCUT2D eigenvalue weighted by Crippen LogP contribution is -2.58. The van der Waals surface area contributed by atoms with Crippen molar-refractivity contribution in [1.82, 2.24) is 0 Å². The van der Waals surface area contributed by atoms with Crippen molar-refractivity contribution in [3.05, 3.63) is 146 Å². The molecule has 0 bridgehead atoms. The minimum absolute atomic E-state index is 0.0747. The van der Waals surface area contributed by atoms with Crippen LogP contribution in [0.1, 0.15) is 0 Å². The second-order valence-corrected chi connectivity index (χ2v) is 11.2. The zero-order chi connectivity index (χ0) is 26.5. The molecule has 4 heteroatoms. The summed E-state index contributed by atoms with van der Waals surface area (Å²) in [5.41, 5.74) is 9.64. The summed E-state index contributed by atoms with van der Waals surface area (Å²) in [6.45, 7) is -0.0747. The fraction of sp³-hybridized carbons (Fsp3) is 0. The van der Waals surface area contributed by atoms with Crippen molar-refractivity contribution >= 4 is 40.9 Å². The van der Waals surface area contributed by atoms with Crippen LogP contribution in [0, 0.1) is 0 Å². The highest BCUT2D eigenvalue weighted by atomic mass is 32.2. The second-order valence-electron chi connectivity index (χ2n) is 10.1. The molecule has 0 fully saturated rings. The summed E-state index contributed by atoms with van der Waals surface area (Å²) in [5, 5.41) is 0. The van der Waals surface area contributed by atoms with Gasteiger partial charge in [-0.05, 0) is 46.3 Å². The Morgan fingerprint density at radius 1 is 0.450 bits per heavy atom. The number of benzene rings is 6. The van der Waals surface area contributed by atoms with E-state index in [9.17, 15) is 0 Å². The average molecular weight is 529 g/mol. The van der Waals surface area contributed by atoms with Gasteiger partial charge in [0, 0.05) is 20.9 Å². The summed E-state index contributed by atoms with van der Waals surface area (Å²) < 4.78 is 6.47. The van der Waals surface area contributed by atoms with E-state index < -0.39 is 0 Å². The highest BCUT2D eigenvalue weighted by molar-refractivity contribution is 7.99. The Balaban J connectivity index is 1.49. The van der Waals surface area contributed by atoms with Crippen LogP contribution in [0.5, 0.6) is 11.5 Å². The first kappa shape index (κ1) is 23.2. The van der Waals surface area contributed by atoms with E-state index in [1.807, 2.05) is 11.8 Å². The first-order valence-electron chi connectivity index (χ1n) is 13.6. The lowest BCUT2D eigenvalue weighted by atomic mass is 9.47. The zero-order valence-corrected chi connectivity index (χ0v) is 22.5. The molecule has 2 nitrogen and oxygen atoms in total. The van der Waals surface area contributed by atoms with Gasteiger partial charge in [0.25, 0.3) is 0 Å². The maximum absolute atomic E-state index is 6.47. The Hall–Kier alpha value is -4.67. The predicted octanol–water partition coefficient (Wildman–Crippen LogP) is 8.53. The van der Waals surface area contributed by atoms with Crippen LogP contribution in [0.15, 0.2) is 155 Å². The highest BCUT2D eigenvalue weighted by Crippen LogP contribution is 2.55. The van der Waals surface area contributed by atoms with Gasteiger partial charge in [-0.3, -0.25) is 0 Å². The lowest BCUT2D eigenvalue weighted by Gasteiger charge is -2.42. The summed E-state index contributed by atoms with van der Waals surface area (Å²) in [7, 11) is 0. The quantitative estimate of drug-likeness (QED) is 0.213. The monoisotopic (exact) mass is 529 g/mol. The van der Waals surface area contributed by atoms with Crippen molar-refractivity contribution < 1.29 is 4.74 Å².